The number of ether oxygens (including phenoxy) is 1. The summed E-state index contributed by atoms with van der Waals surface area (Å²) in [5.74, 6) is -0.232. The van der Waals surface area contributed by atoms with Gasteiger partial charge >= 0.3 is 5.97 Å². The summed E-state index contributed by atoms with van der Waals surface area (Å²) in [6.45, 7) is 4.90. The third kappa shape index (κ3) is 2.82. The molecular formula is C15H21N3O2. The van der Waals surface area contributed by atoms with Crippen molar-refractivity contribution in [2.75, 3.05) is 14.2 Å². The highest BCUT2D eigenvalue weighted by atomic mass is 16.5. The van der Waals surface area contributed by atoms with Crippen molar-refractivity contribution in [2.24, 2.45) is 0 Å². The molecule has 1 aromatic heterocycles. The van der Waals surface area contributed by atoms with Crippen molar-refractivity contribution in [1.82, 2.24) is 14.9 Å². The number of hydrogen-bond donors (Lipinski definition) is 1. The molecular weight excluding hydrogens is 254 g/mol. The molecule has 108 valence electrons. The number of fused-ring (bicyclic) bond motifs is 1. The van der Waals surface area contributed by atoms with Gasteiger partial charge in [0.25, 0.3) is 0 Å². The quantitative estimate of drug-likeness (QED) is 0.845. The lowest BCUT2D eigenvalue weighted by molar-refractivity contribution is -0.143. The monoisotopic (exact) mass is 275 g/mol. The molecule has 0 saturated heterocycles. The van der Waals surface area contributed by atoms with Gasteiger partial charge in [0.2, 0.25) is 0 Å². The zero-order valence-electron chi connectivity index (χ0n) is 12.4. The highest BCUT2D eigenvalue weighted by Gasteiger charge is 2.17. The van der Waals surface area contributed by atoms with E-state index in [4.69, 9.17) is 4.74 Å². The summed E-state index contributed by atoms with van der Waals surface area (Å²) in [6.07, 6.45) is 2.50. The maximum Gasteiger partial charge on any atom is 0.322 e. The van der Waals surface area contributed by atoms with Crippen LogP contribution in [-0.2, 0) is 16.1 Å². The first kappa shape index (κ1) is 14.5. The van der Waals surface area contributed by atoms with Gasteiger partial charge in [-0.25, -0.2) is 4.98 Å². The number of aryl methyl sites for hydroxylation is 3. The number of methoxy groups -OCH3 is 1. The predicted octanol–water partition coefficient (Wildman–Crippen LogP) is 1.80. The molecule has 0 bridgehead atoms. The normalized spacial score (nSPS) is 12.6. The minimum absolute atomic E-state index is 0.232. The third-order valence-electron chi connectivity index (χ3n) is 3.73. The highest BCUT2D eigenvalue weighted by Crippen LogP contribution is 2.18. The maximum atomic E-state index is 11.6. The largest absolute Gasteiger partial charge is 0.468 e. The fourth-order valence-electron chi connectivity index (χ4n) is 2.28. The molecule has 1 unspecified atom stereocenters. The predicted molar refractivity (Wildman–Crippen MR) is 78.7 cm³/mol. The number of esters is 1. The molecule has 1 atom stereocenters. The first-order valence-electron chi connectivity index (χ1n) is 6.74. The Bertz CT molecular complexity index is 619. The Labute approximate surface area is 118 Å². The summed E-state index contributed by atoms with van der Waals surface area (Å²) in [5.41, 5.74) is 4.59. The fourth-order valence-corrected chi connectivity index (χ4v) is 2.28. The number of carbonyl (C=O) groups excluding carboxylic acids is 1. The van der Waals surface area contributed by atoms with Gasteiger partial charge in [0.15, 0.2) is 0 Å². The number of rotatable bonds is 5. The number of hydrogen-bond acceptors (Lipinski definition) is 4. The van der Waals surface area contributed by atoms with Crippen LogP contribution >= 0.6 is 0 Å². The summed E-state index contributed by atoms with van der Waals surface area (Å²) in [6, 6.07) is 3.95. The Morgan fingerprint density at radius 3 is 2.75 bits per heavy atom. The highest BCUT2D eigenvalue weighted by molar-refractivity contribution is 5.77. The number of imidazole rings is 1. The Kier molecular flexibility index (Phi) is 4.39. The zero-order chi connectivity index (χ0) is 14.7. The van der Waals surface area contributed by atoms with E-state index in [1.165, 1.54) is 18.2 Å². The van der Waals surface area contributed by atoms with Gasteiger partial charge in [0.05, 0.1) is 24.5 Å². The van der Waals surface area contributed by atoms with E-state index in [1.54, 1.807) is 7.05 Å². The standard InChI is InChI=1S/C15H21N3O2/c1-10-7-13-14(8-11(10)2)18(9-17-13)6-5-12(16-3)15(19)20-4/h7-9,12,16H,5-6H2,1-4H3. The molecule has 0 aliphatic carbocycles. The lowest BCUT2D eigenvalue weighted by Gasteiger charge is -2.14. The van der Waals surface area contributed by atoms with E-state index < -0.39 is 0 Å². The molecule has 1 aromatic carbocycles. The van der Waals surface area contributed by atoms with Crippen molar-refractivity contribution < 1.29 is 9.53 Å². The minimum atomic E-state index is -0.288. The summed E-state index contributed by atoms with van der Waals surface area (Å²) >= 11 is 0. The van der Waals surface area contributed by atoms with Crippen LogP contribution in [0.15, 0.2) is 18.5 Å². The molecule has 0 spiro atoms. The van der Waals surface area contributed by atoms with Gasteiger partial charge in [-0.3, -0.25) is 4.79 Å². The van der Waals surface area contributed by atoms with Crippen LogP contribution in [-0.4, -0.2) is 35.7 Å². The molecule has 0 saturated carbocycles. The van der Waals surface area contributed by atoms with Crippen LogP contribution in [0.2, 0.25) is 0 Å². The van der Waals surface area contributed by atoms with Crippen molar-refractivity contribution in [3.8, 4) is 0 Å². The van der Waals surface area contributed by atoms with E-state index in [1.807, 2.05) is 6.33 Å². The second-order valence-electron chi connectivity index (χ2n) is 5.02. The van der Waals surface area contributed by atoms with Gasteiger partial charge < -0.3 is 14.6 Å². The number of nitrogens with zero attached hydrogens (tertiary/aromatic N) is 2. The lowest BCUT2D eigenvalue weighted by Crippen LogP contribution is -2.35. The third-order valence-corrected chi connectivity index (χ3v) is 3.73. The minimum Gasteiger partial charge on any atom is -0.468 e. The second-order valence-corrected chi connectivity index (χ2v) is 5.02. The summed E-state index contributed by atoms with van der Waals surface area (Å²) in [4.78, 5) is 16.0. The molecule has 0 aliphatic heterocycles. The van der Waals surface area contributed by atoms with Crippen LogP contribution in [0.4, 0.5) is 0 Å². The van der Waals surface area contributed by atoms with E-state index in [2.05, 4.69) is 40.8 Å². The number of carbonyl (C=O) groups is 1. The van der Waals surface area contributed by atoms with Gasteiger partial charge in [-0.1, -0.05) is 0 Å². The van der Waals surface area contributed by atoms with Crippen LogP contribution in [0.3, 0.4) is 0 Å². The van der Waals surface area contributed by atoms with Crippen molar-refractivity contribution in [1.29, 1.82) is 0 Å². The summed E-state index contributed by atoms with van der Waals surface area (Å²) in [7, 11) is 3.17. The van der Waals surface area contributed by atoms with Gasteiger partial charge in [-0.2, -0.15) is 0 Å². The average Bonchev–Trinajstić information content (AvgIpc) is 2.82. The van der Waals surface area contributed by atoms with Gasteiger partial charge in [0, 0.05) is 6.54 Å². The second kappa shape index (κ2) is 6.05. The van der Waals surface area contributed by atoms with Crippen LogP contribution in [0.1, 0.15) is 17.5 Å². The molecule has 0 fully saturated rings. The smallest absolute Gasteiger partial charge is 0.322 e. The average molecular weight is 275 g/mol. The molecule has 0 aliphatic rings. The maximum absolute atomic E-state index is 11.6. The van der Waals surface area contributed by atoms with Crippen molar-refractivity contribution in [3.05, 3.63) is 29.6 Å². The molecule has 1 heterocycles. The molecule has 2 rings (SSSR count). The van der Waals surface area contributed by atoms with E-state index in [0.717, 1.165) is 17.6 Å². The van der Waals surface area contributed by atoms with E-state index in [-0.39, 0.29) is 12.0 Å². The van der Waals surface area contributed by atoms with Gasteiger partial charge in [0.1, 0.15) is 6.04 Å². The molecule has 0 radical (unpaired) electrons. The van der Waals surface area contributed by atoms with Crippen LogP contribution in [0.5, 0.6) is 0 Å². The van der Waals surface area contributed by atoms with Crippen molar-refractivity contribution >= 4 is 17.0 Å². The lowest BCUT2D eigenvalue weighted by atomic mass is 10.1. The molecule has 0 amide bonds. The Balaban J connectivity index is 2.18. The van der Waals surface area contributed by atoms with E-state index in [9.17, 15) is 4.79 Å². The topological polar surface area (TPSA) is 56.2 Å². The molecule has 1 N–H and O–H groups in total. The molecule has 2 aromatic rings. The number of likely N-dealkylation sites (N-methyl/N-ethyl adjacent to an activating group) is 1. The molecule has 5 heteroatoms. The summed E-state index contributed by atoms with van der Waals surface area (Å²) < 4.78 is 6.85. The van der Waals surface area contributed by atoms with Crippen molar-refractivity contribution in [2.45, 2.75) is 32.9 Å². The Hall–Kier alpha value is -1.88. The number of aromatic nitrogens is 2. The Morgan fingerprint density at radius 2 is 2.10 bits per heavy atom. The van der Waals surface area contributed by atoms with Gasteiger partial charge in [-0.15, -0.1) is 0 Å². The van der Waals surface area contributed by atoms with Gasteiger partial charge in [-0.05, 0) is 50.6 Å². The van der Waals surface area contributed by atoms with E-state index in [0.29, 0.717) is 6.42 Å². The van der Waals surface area contributed by atoms with E-state index >= 15 is 0 Å². The first-order chi connectivity index (χ1) is 9.56. The first-order valence-corrected chi connectivity index (χ1v) is 6.74. The molecule has 20 heavy (non-hydrogen) atoms. The van der Waals surface area contributed by atoms with Crippen LogP contribution < -0.4 is 5.32 Å². The SMILES string of the molecule is CNC(CCn1cnc2cc(C)c(C)cc21)C(=O)OC. The zero-order valence-corrected chi connectivity index (χ0v) is 12.4. The Morgan fingerprint density at radius 1 is 1.40 bits per heavy atom. The van der Waals surface area contributed by atoms with Crippen LogP contribution in [0, 0.1) is 13.8 Å². The summed E-state index contributed by atoms with van der Waals surface area (Å²) in [5, 5.41) is 2.98. The molecule has 5 nitrogen and oxygen atoms in total. The number of nitrogens with one attached hydrogen (secondary N) is 1. The van der Waals surface area contributed by atoms with Crippen molar-refractivity contribution in [3.63, 3.8) is 0 Å². The fraction of sp³-hybridized carbons (Fsp3) is 0.467. The number of benzene rings is 1. The van der Waals surface area contributed by atoms with Crippen LogP contribution in [0.25, 0.3) is 11.0 Å².